The lowest BCUT2D eigenvalue weighted by Gasteiger charge is -2.27. The fraction of sp³-hybridized carbons (Fsp3) is 0.174. The highest BCUT2D eigenvalue weighted by molar-refractivity contribution is 6.03. The van der Waals surface area contributed by atoms with Crippen LogP contribution in [0.4, 0.5) is 32.3 Å². The quantitative estimate of drug-likeness (QED) is 0.150. The van der Waals surface area contributed by atoms with Crippen molar-refractivity contribution in [3.05, 3.63) is 192 Å². The first-order valence-electron chi connectivity index (χ1n) is 17.8. The van der Waals surface area contributed by atoms with Crippen LogP contribution in [0, 0.1) is 0 Å². The molecule has 6 heteroatoms. The van der Waals surface area contributed by atoms with Crippen molar-refractivity contribution in [2.45, 2.75) is 52.6 Å². The van der Waals surface area contributed by atoms with E-state index in [9.17, 15) is 9.59 Å². The van der Waals surface area contributed by atoms with Crippen LogP contribution in [0.2, 0.25) is 0 Å². The largest absolute Gasteiger partial charge is 0.326 e. The minimum Gasteiger partial charge on any atom is -0.308 e. The van der Waals surface area contributed by atoms with Crippen LogP contribution in [0.25, 0.3) is 0 Å². The first-order chi connectivity index (χ1) is 25.3. The van der Waals surface area contributed by atoms with Crippen LogP contribution in [0.5, 0.6) is 0 Å². The minimum absolute atomic E-state index is 0.131. The van der Waals surface area contributed by atoms with E-state index >= 15 is 0 Å². The zero-order valence-corrected chi connectivity index (χ0v) is 30.4. The molecule has 0 bridgehead atoms. The Morgan fingerprint density at radius 3 is 1.04 bits per heavy atom. The molecule has 0 radical (unpaired) electrons. The molecule has 6 aromatic rings. The maximum atomic E-state index is 13.1. The highest BCUT2D eigenvalue weighted by Gasteiger charge is 2.22. The van der Waals surface area contributed by atoms with Crippen LogP contribution in [-0.2, 0) is 13.1 Å². The lowest BCUT2D eigenvalue weighted by atomic mass is 10.00. The van der Waals surface area contributed by atoms with Crippen molar-refractivity contribution in [1.82, 2.24) is 0 Å². The van der Waals surface area contributed by atoms with Gasteiger partial charge >= 0.3 is 12.1 Å². The molecule has 6 rings (SSSR count). The number of nitrogens with one attached hydrogen (secondary N) is 2. The molecule has 0 atom stereocenters. The average Bonchev–Trinajstić information content (AvgIpc) is 3.18. The lowest BCUT2D eigenvalue weighted by Crippen LogP contribution is -2.35. The summed E-state index contributed by atoms with van der Waals surface area (Å²) >= 11 is 0. The molecule has 0 spiro atoms. The van der Waals surface area contributed by atoms with E-state index in [4.69, 9.17) is 0 Å². The number of urea groups is 2. The predicted molar refractivity (Wildman–Crippen MR) is 217 cm³/mol. The van der Waals surface area contributed by atoms with Gasteiger partial charge in [-0.15, -0.1) is 0 Å². The number of hydrogen-bond donors (Lipinski definition) is 2. The summed E-state index contributed by atoms with van der Waals surface area (Å²) in [5, 5.41) is 6.03. The third-order valence-electron chi connectivity index (χ3n) is 8.61. The molecule has 2 N–H and O–H groups in total. The van der Waals surface area contributed by atoms with Crippen LogP contribution in [0.15, 0.2) is 170 Å². The Labute approximate surface area is 308 Å². The molecule has 6 aromatic carbocycles. The summed E-state index contributed by atoms with van der Waals surface area (Å²) in [7, 11) is 0. The topological polar surface area (TPSA) is 64.7 Å². The number of carbonyl (C=O) groups excluding carboxylic acids is 2. The second-order valence-corrected chi connectivity index (χ2v) is 13.2. The number of nitrogens with zero attached hydrogens (tertiary/aromatic N) is 2. The first kappa shape index (κ1) is 37.1. The molecule has 0 saturated heterocycles. The van der Waals surface area contributed by atoms with Crippen molar-refractivity contribution in [3.8, 4) is 0 Å². The van der Waals surface area contributed by atoms with Gasteiger partial charge in [0, 0.05) is 22.7 Å². The monoisotopic (exact) mass is 688 g/mol. The smallest absolute Gasteiger partial charge is 0.308 e. The molecule has 0 aliphatic rings. The van der Waals surface area contributed by atoms with Gasteiger partial charge < -0.3 is 10.6 Å². The van der Waals surface area contributed by atoms with E-state index in [0.717, 1.165) is 45.0 Å². The third kappa shape index (κ3) is 10.4. The fourth-order valence-corrected chi connectivity index (χ4v) is 5.93. The Morgan fingerprint density at radius 1 is 0.423 bits per heavy atom. The Balaban J connectivity index is 0.000000201. The third-order valence-corrected chi connectivity index (χ3v) is 8.61. The van der Waals surface area contributed by atoms with Crippen LogP contribution < -0.4 is 20.4 Å². The van der Waals surface area contributed by atoms with E-state index < -0.39 is 0 Å². The van der Waals surface area contributed by atoms with Gasteiger partial charge in [0.15, 0.2) is 0 Å². The van der Waals surface area contributed by atoms with Gasteiger partial charge in [-0.25, -0.2) is 9.59 Å². The Bertz CT molecular complexity index is 1840. The van der Waals surface area contributed by atoms with Crippen molar-refractivity contribution in [1.29, 1.82) is 0 Å². The summed E-state index contributed by atoms with van der Waals surface area (Å²) in [6.07, 6.45) is 0. The number of para-hydroxylation sites is 4. The number of carbonyl (C=O) groups is 2. The number of anilines is 4. The van der Waals surface area contributed by atoms with E-state index in [1.165, 1.54) is 0 Å². The van der Waals surface area contributed by atoms with Gasteiger partial charge in [-0.3, -0.25) is 9.80 Å². The van der Waals surface area contributed by atoms with Gasteiger partial charge in [-0.05, 0) is 70.5 Å². The number of amides is 4. The van der Waals surface area contributed by atoms with Crippen molar-refractivity contribution in [2.24, 2.45) is 0 Å². The molecule has 0 fully saturated rings. The van der Waals surface area contributed by atoms with Crippen LogP contribution in [-0.4, -0.2) is 12.1 Å². The fourth-order valence-electron chi connectivity index (χ4n) is 5.93. The van der Waals surface area contributed by atoms with Crippen molar-refractivity contribution >= 4 is 34.8 Å². The van der Waals surface area contributed by atoms with Gasteiger partial charge in [0.05, 0.1) is 13.1 Å². The van der Waals surface area contributed by atoms with Crippen LogP contribution in [0.1, 0.15) is 61.8 Å². The van der Waals surface area contributed by atoms with E-state index in [0.29, 0.717) is 24.9 Å². The van der Waals surface area contributed by atoms with Crippen molar-refractivity contribution in [2.75, 3.05) is 20.4 Å². The van der Waals surface area contributed by atoms with Crippen LogP contribution in [0.3, 0.4) is 0 Å². The Hall–Kier alpha value is -6.14. The Morgan fingerprint density at radius 2 is 0.712 bits per heavy atom. The second kappa shape index (κ2) is 18.7. The maximum Gasteiger partial charge on any atom is 0.326 e. The van der Waals surface area contributed by atoms with Crippen molar-refractivity contribution < 1.29 is 9.59 Å². The maximum absolute atomic E-state index is 13.1. The normalized spacial score (nSPS) is 10.6. The molecule has 0 aromatic heterocycles. The zero-order valence-electron chi connectivity index (χ0n) is 30.4. The standard InChI is InChI=1S/2C23H24N2O/c2*1-18(2)21-15-9-10-16-22(21)25(17-19-11-5-3-6-12-19)23(26)24-20-13-7-4-8-14-20/h2*3-16,18H,17H2,1-2H3,(H,24,26). The van der Waals surface area contributed by atoms with E-state index in [2.05, 4.69) is 50.5 Å². The summed E-state index contributed by atoms with van der Waals surface area (Å²) in [6, 6.07) is 55.2. The van der Waals surface area contributed by atoms with Gasteiger partial charge in [-0.1, -0.05) is 161 Å². The minimum atomic E-state index is -0.131. The molecule has 0 aliphatic carbocycles. The van der Waals surface area contributed by atoms with Crippen LogP contribution >= 0.6 is 0 Å². The summed E-state index contributed by atoms with van der Waals surface area (Å²) in [5.74, 6) is 0.656. The average molecular weight is 689 g/mol. The molecule has 52 heavy (non-hydrogen) atoms. The molecule has 0 saturated carbocycles. The van der Waals surface area contributed by atoms with E-state index in [-0.39, 0.29) is 12.1 Å². The van der Waals surface area contributed by atoms with Gasteiger partial charge in [-0.2, -0.15) is 0 Å². The summed E-state index contributed by atoms with van der Waals surface area (Å²) in [4.78, 5) is 29.8. The van der Waals surface area contributed by atoms with Gasteiger partial charge in [0.2, 0.25) is 0 Å². The zero-order chi connectivity index (χ0) is 36.7. The molecule has 0 aliphatic heterocycles. The SMILES string of the molecule is CC(C)c1ccccc1N(Cc1ccccc1)C(=O)Nc1ccccc1.CC(C)c1ccccc1N(Cc1ccccc1)C(=O)Nc1ccccc1. The molecular formula is C46H48N4O2. The predicted octanol–water partition coefficient (Wildman–Crippen LogP) is 12.1. The van der Waals surface area contributed by atoms with Crippen molar-refractivity contribution in [3.63, 3.8) is 0 Å². The number of rotatable bonds is 10. The first-order valence-corrected chi connectivity index (χ1v) is 17.8. The summed E-state index contributed by atoms with van der Waals surface area (Å²) in [6.45, 7) is 9.62. The van der Waals surface area contributed by atoms with E-state index in [1.54, 1.807) is 0 Å². The lowest BCUT2D eigenvalue weighted by molar-refractivity contribution is 0.256. The molecule has 264 valence electrons. The summed E-state index contributed by atoms with van der Waals surface area (Å²) < 4.78 is 0. The van der Waals surface area contributed by atoms with E-state index in [1.807, 2.05) is 168 Å². The number of benzene rings is 6. The van der Waals surface area contributed by atoms with Gasteiger partial charge in [0.25, 0.3) is 0 Å². The molecule has 0 unspecified atom stereocenters. The molecular weight excluding hydrogens is 641 g/mol. The Kier molecular flexibility index (Phi) is 13.4. The highest BCUT2D eigenvalue weighted by atomic mass is 16.2. The molecule has 6 nitrogen and oxygen atoms in total. The molecule has 4 amide bonds. The highest BCUT2D eigenvalue weighted by Crippen LogP contribution is 2.31. The number of hydrogen-bond acceptors (Lipinski definition) is 2. The van der Waals surface area contributed by atoms with Gasteiger partial charge in [0.1, 0.15) is 0 Å². The summed E-state index contributed by atoms with van der Waals surface area (Å²) in [5.41, 5.74) is 7.97. The molecule has 0 heterocycles. The second-order valence-electron chi connectivity index (χ2n) is 13.2.